The van der Waals surface area contributed by atoms with E-state index in [-0.39, 0.29) is 35.0 Å². The molecule has 3 atom stereocenters. The van der Waals surface area contributed by atoms with Crippen LogP contribution in [-0.4, -0.2) is 29.7 Å². The highest BCUT2D eigenvalue weighted by Crippen LogP contribution is 2.61. The Morgan fingerprint density at radius 1 is 0.612 bits per heavy atom. The minimum atomic E-state index is -0.932. The average molecular weight is 646 g/mol. The fourth-order valence-electron chi connectivity index (χ4n) is 8.15. The first-order valence-corrected chi connectivity index (χ1v) is 17.0. The molecule has 1 aliphatic heterocycles. The molecule has 2 amide bonds. The van der Waals surface area contributed by atoms with E-state index in [2.05, 4.69) is 24.3 Å². The van der Waals surface area contributed by atoms with Crippen LogP contribution in [0, 0.1) is 11.8 Å². The van der Waals surface area contributed by atoms with Crippen molar-refractivity contribution in [3.63, 3.8) is 0 Å². The van der Waals surface area contributed by atoms with E-state index < -0.39 is 23.9 Å². The predicted molar refractivity (Wildman–Crippen MR) is 187 cm³/mol. The van der Waals surface area contributed by atoms with Crippen LogP contribution in [0.3, 0.4) is 0 Å². The van der Waals surface area contributed by atoms with Crippen LogP contribution in [0.2, 0.25) is 0 Å². The van der Waals surface area contributed by atoms with Gasteiger partial charge in [0.05, 0.1) is 23.1 Å². The molecule has 0 saturated carbocycles. The zero-order valence-corrected chi connectivity index (χ0v) is 27.1. The summed E-state index contributed by atoms with van der Waals surface area (Å²) in [6.45, 7) is 2.02. The summed E-state index contributed by atoms with van der Waals surface area (Å²) in [6.07, 6.45) is 1.05. The van der Waals surface area contributed by atoms with Crippen LogP contribution < -0.4 is 4.90 Å². The van der Waals surface area contributed by atoms with E-state index in [1.807, 2.05) is 73.7 Å². The smallest absolute Gasteiger partial charge is 0.338 e. The highest BCUT2D eigenvalue weighted by molar-refractivity contribution is 6.23. The van der Waals surface area contributed by atoms with Crippen molar-refractivity contribution < 1.29 is 23.9 Å². The Morgan fingerprint density at radius 3 is 1.59 bits per heavy atom. The lowest BCUT2D eigenvalue weighted by Gasteiger charge is -2.45. The van der Waals surface area contributed by atoms with E-state index in [0.717, 1.165) is 46.2 Å². The van der Waals surface area contributed by atoms with Gasteiger partial charge in [0.15, 0.2) is 6.10 Å². The van der Waals surface area contributed by atoms with Crippen molar-refractivity contribution in [1.82, 2.24) is 0 Å². The Hall–Kier alpha value is -5.62. The molecule has 1 saturated heterocycles. The molecule has 0 radical (unpaired) electrons. The van der Waals surface area contributed by atoms with Gasteiger partial charge in [0, 0.05) is 17.4 Å². The molecule has 1 fully saturated rings. The predicted octanol–water partition coefficient (Wildman–Crippen LogP) is 8.35. The summed E-state index contributed by atoms with van der Waals surface area (Å²) in [4.78, 5) is 56.5. The summed E-state index contributed by atoms with van der Waals surface area (Å²) in [6, 6.07) is 40.0. The average Bonchev–Trinajstić information content (AvgIpc) is 3.42. The number of rotatable bonds is 9. The van der Waals surface area contributed by atoms with Crippen molar-refractivity contribution in [2.45, 2.75) is 44.1 Å². The van der Waals surface area contributed by atoms with Crippen molar-refractivity contribution >= 4 is 29.3 Å². The van der Waals surface area contributed by atoms with Crippen LogP contribution in [0.15, 0.2) is 127 Å². The molecule has 4 aliphatic rings. The SMILES string of the molecule is CCCC[C@@H](OC(=O)c1ccc(N2C(=O)[C@H]3C4c5ccccc5C(c5ccccc54)[C@@H]3C2=O)cc1)C(=O)c1ccc(-c2ccccc2)cc1. The number of hydrogen-bond donors (Lipinski definition) is 0. The van der Waals surface area contributed by atoms with Gasteiger partial charge in [0.25, 0.3) is 0 Å². The minimum absolute atomic E-state index is 0.190. The first-order chi connectivity index (χ1) is 24.0. The number of ether oxygens (including phenoxy) is 1. The maximum absolute atomic E-state index is 14.1. The number of imide groups is 1. The van der Waals surface area contributed by atoms with E-state index >= 15 is 0 Å². The maximum atomic E-state index is 14.1. The molecular formula is C43H35NO5. The van der Waals surface area contributed by atoms with Gasteiger partial charge in [0.1, 0.15) is 0 Å². The molecule has 0 aromatic heterocycles. The van der Waals surface area contributed by atoms with Crippen LogP contribution in [0.1, 0.15) is 81.0 Å². The number of carbonyl (C=O) groups excluding carboxylic acids is 4. The number of unbranched alkanes of at least 4 members (excludes halogenated alkanes) is 1. The molecule has 242 valence electrons. The van der Waals surface area contributed by atoms with E-state index in [1.54, 1.807) is 36.4 Å². The second-order valence-corrected chi connectivity index (χ2v) is 13.2. The van der Waals surface area contributed by atoms with Gasteiger partial charge in [-0.1, -0.05) is 116 Å². The van der Waals surface area contributed by atoms with Gasteiger partial charge in [-0.15, -0.1) is 0 Å². The molecule has 9 rings (SSSR count). The standard InChI is InChI=1S/C43H35NO5/c1-2-3-17-35(40(45)28-20-18-27(19-21-28)26-11-5-4-6-12-26)49-43(48)29-22-24-30(25-23-29)44-41(46)38-36-31-13-7-8-14-32(31)37(39(38)42(44)47)34-16-10-9-15-33(34)36/h4-16,18-25,35-39H,2-3,17H2,1H3/t35-,36?,37?,38+,39+/m1/s1. The normalized spacial score (nSPS) is 20.7. The first-order valence-electron chi connectivity index (χ1n) is 17.0. The summed E-state index contributed by atoms with van der Waals surface area (Å²) in [5.41, 5.74) is 7.67. The second-order valence-electron chi connectivity index (χ2n) is 13.2. The highest BCUT2D eigenvalue weighted by atomic mass is 16.5. The number of esters is 1. The fourth-order valence-corrected chi connectivity index (χ4v) is 8.15. The van der Waals surface area contributed by atoms with Gasteiger partial charge in [0.2, 0.25) is 17.6 Å². The Balaban J connectivity index is 1.01. The van der Waals surface area contributed by atoms with E-state index in [0.29, 0.717) is 17.7 Å². The van der Waals surface area contributed by atoms with Crippen LogP contribution >= 0.6 is 0 Å². The Kier molecular flexibility index (Phi) is 7.79. The molecule has 3 aliphatic carbocycles. The van der Waals surface area contributed by atoms with Crippen molar-refractivity contribution in [3.8, 4) is 11.1 Å². The van der Waals surface area contributed by atoms with Crippen LogP contribution in [-0.2, 0) is 14.3 Å². The van der Waals surface area contributed by atoms with Gasteiger partial charge in [-0.05, 0) is 70.5 Å². The van der Waals surface area contributed by atoms with E-state index in [9.17, 15) is 19.2 Å². The summed E-state index contributed by atoms with van der Waals surface area (Å²) in [5, 5.41) is 0. The second kappa shape index (κ2) is 12.4. The number of amides is 2. The Morgan fingerprint density at radius 2 is 1.08 bits per heavy atom. The van der Waals surface area contributed by atoms with Crippen LogP contribution in [0.25, 0.3) is 11.1 Å². The molecule has 1 heterocycles. The summed E-state index contributed by atoms with van der Waals surface area (Å²) >= 11 is 0. The zero-order chi connectivity index (χ0) is 33.6. The Labute approximate surface area is 285 Å². The molecule has 49 heavy (non-hydrogen) atoms. The number of hydrogen-bond acceptors (Lipinski definition) is 5. The fraction of sp³-hybridized carbons (Fsp3) is 0.209. The topological polar surface area (TPSA) is 80.8 Å². The van der Waals surface area contributed by atoms with Crippen molar-refractivity contribution in [2.24, 2.45) is 11.8 Å². The molecular weight excluding hydrogens is 610 g/mol. The van der Waals surface area contributed by atoms with E-state index in [1.165, 1.54) is 4.90 Å². The molecule has 6 nitrogen and oxygen atoms in total. The van der Waals surface area contributed by atoms with Gasteiger partial charge in [-0.3, -0.25) is 14.4 Å². The number of anilines is 1. The molecule has 0 N–H and O–H groups in total. The van der Waals surface area contributed by atoms with Crippen molar-refractivity contribution in [1.29, 1.82) is 0 Å². The summed E-state index contributed by atoms with van der Waals surface area (Å²) in [7, 11) is 0. The molecule has 6 heteroatoms. The first kappa shape index (κ1) is 30.7. The van der Waals surface area contributed by atoms with Crippen molar-refractivity contribution in [3.05, 3.63) is 161 Å². The third-order valence-electron chi connectivity index (χ3n) is 10.4. The summed E-state index contributed by atoms with van der Waals surface area (Å²) in [5.74, 6) is -2.65. The lowest BCUT2D eigenvalue weighted by molar-refractivity contribution is -0.122. The number of ketones is 1. The molecule has 5 aromatic carbocycles. The Bertz CT molecular complexity index is 1970. The monoisotopic (exact) mass is 645 g/mol. The molecule has 0 unspecified atom stereocenters. The number of nitrogens with zero attached hydrogens (tertiary/aromatic N) is 1. The lowest BCUT2D eigenvalue weighted by Crippen LogP contribution is -2.41. The van der Waals surface area contributed by atoms with E-state index in [4.69, 9.17) is 4.74 Å². The molecule has 5 aromatic rings. The summed E-state index contributed by atoms with van der Waals surface area (Å²) < 4.78 is 5.83. The maximum Gasteiger partial charge on any atom is 0.338 e. The lowest BCUT2D eigenvalue weighted by atomic mass is 9.55. The number of Topliss-reactive ketones (excluding diaryl/α,β-unsaturated/α-hetero) is 1. The quantitative estimate of drug-likeness (QED) is 0.0915. The zero-order valence-electron chi connectivity index (χ0n) is 27.1. The third-order valence-corrected chi connectivity index (χ3v) is 10.4. The van der Waals surface area contributed by atoms with Gasteiger partial charge in [-0.25, -0.2) is 9.69 Å². The van der Waals surface area contributed by atoms with Crippen molar-refractivity contribution in [2.75, 3.05) is 4.90 Å². The van der Waals surface area contributed by atoms with Gasteiger partial charge < -0.3 is 4.74 Å². The minimum Gasteiger partial charge on any atom is -0.450 e. The molecule has 0 spiro atoms. The van der Waals surface area contributed by atoms with Crippen LogP contribution in [0.5, 0.6) is 0 Å². The van der Waals surface area contributed by atoms with Gasteiger partial charge >= 0.3 is 5.97 Å². The highest BCUT2D eigenvalue weighted by Gasteiger charge is 2.61. The number of carbonyl (C=O) groups is 4. The molecule has 2 bridgehead atoms. The largest absolute Gasteiger partial charge is 0.450 e. The van der Waals surface area contributed by atoms with Crippen LogP contribution in [0.4, 0.5) is 5.69 Å². The number of benzene rings is 5. The van der Waals surface area contributed by atoms with Gasteiger partial charge in [-0.2, -0.15) is 0 Å². The third kappa shape index (κ3) is 5.10.